The molecule has 0 atom stereocenters. The summed E-state index contributed by atoms with van der Waals surface area (Å²) >= 11 is 0. The van der Waals surface area contributed by atoms with Crippen molar-refractivity contribution in [1.29, 1.82) is 0 Å². The Kier molecular flexibility index (Phi) is 3.06. The lowest BCUT2D eigenvalue weighted by Crippen LogP contribution is -1.91. The highest BCUT2D eigenvalue weighted by Gasteiger charge is 2.14. The summed E-state index contributed by atoms with van der Waals surface area (Å²) in [6.45, 7) is 1.85. The van der Waals surface area contributed by atoms with Gasteiger partial charge in [-0.05, 0) is 37.3 Å². The van der Waals surface area contributed by atoms with E-state index in [2.05, 4.69) is 9.97 Å². The molecule has 0 aliphatic heterocycles. The lowest BCUT2D eigenvalue weighted by atomic mass is 10.2. The summed E-state index contributed by atoms with van der Waals surface area (Å²) in [5, 5.41) is 20.2. The van der Waals surface area contributed by atoms with Gasteiger partial charge >= 0.3 is 0 Å². The van der Waals surface area contributed by atoms with Crippen molar-refractivity contribution < 1.29 is 19.3 Å². The fraction of sp³-hybridized carbons (Fsp3) is 0.0556. The molecule has 0 spiro atoms. The number of aryl methyl sites for hydroxylation is 1. The van der Waals surface area contributed by atoms with Crippen LogP contribution >= 0.6 is 0 Å². The Morgan fingerprint density at radius 1 is 1.00 bits per heavy atom. The molecule has 5 nitrogen and oxygen atoms in total. The van der Waals surface area contributed by atoms with E-state index in [1.807, 2.05) is 6.92 Å². The number of pyridine rings is 1. The Labute approximate surface area is 136 Å². The largest absolute Gasteiger partial charge is 0.504 e. The van der Waals surface area contributed by atoms with E-state index in [0.29, 0.717) is 27.6 Å². The van der Waals surface area contributed by atoms with Gasteiger partial charge in [-0.1, -0.05) is 0 Å². The predicted octanol–water partition coefficient (Wildman–Crippen LogP) is 4.37. The molecule has 120 valence electrons. The molecule has 0 saturated carbocycles. The number of H-pyrrole nitrogens is 1. The normalized spacial score (nSPS) is 11.2. The summed E-state index contributed by atoms with van der Waals surface area (Å²) in [7, 11) is 0. The van der Waals surface area contributed by atoms with E-state index < -0.39 is 5.82 Å². The van der Waals surface area contributed by atoms with E-state index in [1.165, 1.54) is 18.3 Å². The van der Waals surface area contributed by atoms with E-state index in [4.69, 9.17) is 4.74 Å². The van der Waals surface area contributed by atoms with Gasteiger partial charge < -0.3 is 19.9 Å². The second kappa shape index (κ2) is 5.13. The third-order valence-electron chi connectivity index (χ3n) is 3.85. The number of nitrogens with one attached hydrogen (secondary N) is 1. The van der Waals surface area contributed by atoms with Gasteiger partial charge in [-0.25, -0.2) is 4.39 Å². The van der Waals surface area contributed by atoms with Crippen molar-refractivity contribution in [2.75, 3.05) is 0 Å². The number of ether oxygens (including phenoxy) is 1. The lowest BCUT2D eigenvalue weighted by Gasteiger charge is -2.10. The number of halogens is 1. The van der Waals surface area contributed by atoms with Gasteiger partial charge in [0, 0.05) is 34.2 Å². The molecule has 24 heavy (non-hydrogen) atoms. The van der Waals surface area contributed by atoms with Crippen LogP contribution in [-0.4, -0.2) is 20.2 Å². The van der Waals surface area contributed by atoms with Crippen molar-refractivity contribution >= 4 is 21.8 Å². The number of rotatable bonds is 2. The Morgan fingerprint density at radius 3 is 2.62 bits per heavy atom. The van der Waals surface area contributed by atoms with E-state index in [0.717, 1.165) is 5.69 Å². The number of nitrogens with zero attached hydrogens (tertiary/aromatic N) is 1. The zero-order valence-corrected chi connectivity index (χ0v) is 12.7. The van der Waals surface area contributed by atoms with Gasteiger partial charge in [0.1, 0.15) is 5.75 Å². The molecule has 0 aliphatic carbocycles. The molecule has 4 aromatic rings. The minimum atomic E-state index is -0.468. The van der Waals surface area contributed by atoms with Gasteiger partial charge in [0.25, 0.3) is 0 Å². The molecule has 2 aromatic carbocycles. The maximum absolute atomic E-state index is 14.7. The summed E-state index contributed by atoms with van der Waals surface area (Å²) < 4.78 is 20.4. The summed E-state index contributed by atoms with van der Waals surface area (Å²) in [6.07, 6.45) is 1.49. The number of fused-ring (bicyclic) bond motifs is 2. The molecule has 3 N–H and O–H groups in total. The van der Waals surface area contributed by atoms with E-state index in [1.54, 1.807) is 24.3 Å². The Morgan fingerprint density at radius 2 is 1.79 bits per heavy atom. The molecule has 0 radical (unpaired) electrons. The highest BCUT2D eigenvalue weighted by molar-refractivity contribution is 5.88. The molecular weight excluding hydrogens is 311 g/mol. The molecule has 2 heterocycles. The maximum atomic E-state index is 14.7. The van der Waals surface area contributed by atoms with Crippen molar-refractivity contribution in [3.8, 4) is 23.0 Å². The van der Waals surface area contributed by atoms with Crippen LogP contribution in [0.25, 0.3) is 21.8 Å². The first-order valence-electron chi connectivity index (χ1n) is 7.29. The van der Waals surface area contributed by atoms with Gasteiger partial charge in [-0.3, -0.25) is 4.98 Å². The molecule has 0 fully saturated rings. The quantitative estimate of drug-likeness (QED) is 0.479. The summed E-state index contributed by atoms with van der Waals surface area (Å²) in [6, 6.07) is 9.24. The molecule has 0 amide bonds. The van der Waals surface area contributed by atoms with Crippen LogP contribution in [0.4, 0.5) is 4.39 Å². The minimum absolute atomic E-state index is 0.0709. The number of hydrogen-bond acceptors (Lipinski definition) is 4. The predicted molar refractivity (Wildman–Crippen MR) is 88.1 cm³/mol. The van der Waals surface area contributed by atoms with E-state index >= 15 is 0 Å². The molecular formula is C18H13FN2O3. The van der Waals surface area contributed by atoms with Gasteiger partial charge in [0.05, 0.1) is 5.52 Å². The number of aromatic hydroxyl groups is 2. The third kappa shape index (κ3) is 2.20. The fourth-order valence-corrected chi connectivity index (χ4v) is 2.72. The molecule has 6 heteroatoms. The van der Waals surface area contributed by atoms with Crippen molar-refractivity contribution in [2.24, 2.45) is 0 Å². The van der Waals surface area contributed by atoms with Crippen LogP contribution in [0.5, 0.6) is 23.0 Å². The summed E-state index contributed by atoms with van der Waals surface area (Å²) in [5.74, 6) is -0.632. The van der Waals surface area contributed by atoms with Gasteiger partial charge in [-0.2, -0.15) is 0 Å². The second-order valence-electron chi connectivity index (χ2n) is 5.56. The number of phenols is 2. The van der Waals surface area contributed by atoms with Crippen LogP contribution in [-0.2, 0) is 0 Å². The highest BCUT2D eigenvalue weighted by atomic mass is 19.1. The Hall–Kier alpha value is -3.28. The molecule has 0 unspecified atom stereocenters. The number of phenolic OH excluding ortho intramolecular Hbond substituents is 2. The SMILES string of the molecule is Cc1cc2c(F)c(Oc3ccnc4cc(O)c(O)cc34)ccc2[nH]1. The maximum Gasteiger partial charge on any atom is 0.175 e. The highest BCUT2D eigenvalue weighted by Crippen LogP contribution is 2.37. The van der Waals surface area contributed by atoms with Crippen LogP contribution in [0.1, 0.15) is 5.69 Å². The van der Waals surface area contributed by atoms with Crippen LogP contribution in [0.2, 0.25) is 0 Å². The summed E-state index contributed by atoms with van der Waals surface area (Å²) in [4.78, 5) is 7.18. The smallest absolute Gasteiger partial charge is 0.175 e. The molecule has 2 aromatic heterocycles. The van der Waals surface area contributed by atoms with Crippen molar-refractivity contribution in [2.45, 2.75) is 6.92 Å². The van der Waals surface area contributed by atoms with Crippen molar-refractivity contribution in [1.82, 2.24) is 9.97 Å². The molecule has 0 aliphatic rings. The zero-order chi connectivity index (χ0) is 16.8. The van der Waals surface area contributed by atoms with Gasteiger partial charge in [-0.15, -0.1) is 0 Å². The standard InChI is InChI=1S/C18H13FN2O3/c1-9-6-11-12(21-9)2-3-17(18(11)19)24-16-4-5-20-13-8-15(23)14(22)7-10(13)16/h2-8,21-23H,1H3. The molecule has 0 bridgehead atoms. The summed E-state index contributed by atoms with van der Waals surface area (Å²) in [5.41, 5.74) is 1.98. The molecule has 0 saturated heterocycles. The van der Waals surface area contributed by atoms with Gasteiger partial charge in [0.15, 0.2) is 23.1 Å². The van der Waals surface area contributed by atoms with Gasteiger partial charge in [0.2, 0.25) is 0 Å². The second-order valence-corrected chi connectivity index (χ2v) is 5.56. The van der Waals surface area contributed by atoms with Crippen LogP contribution < -0.4 is 4.74 Å². The van der Waals surface area contributed by atoms with Crippen LogP contribution in [0.15, 0.2) is 42.6 Å². The number of benzene rings is 2. The molecule has 4 rings (SSSR count). The van der Waals surface area contributed by atoms with Crippen molar-refractivity contribution in [3.05, 3.63) is 54.1 Å². The average Bonchev–Trinajstić information content (AvgIpc) is 2.93. The number of aromatic amines is 1. The van der Waals surface area contributed by atoms with Crippen LogP contribution in [0.3, 0.4) is 0 Å². The third-order valence-corrected chi connectivity index (χ3v) is 3.85. The first-order chi connectivity index (χ1) is 11.5. The average molecular weight is 324 g/mol. The first kappa shape index (κ1) is 14.3. The monoisotopic (exact) mass is 324 g/mol. The number of hydrogen-bond donors (Lipinski definition) is 3. The van der Waals surface area contributed by atoms with Crippen LogP contribution in [0, 0.1) is 12.7 Å². The minimum Gasteiger partial charge on any atom is -0.504 e. The van der Waals surface area contributed by atoms with E-state index in [9.17, 15) is 14.6 Å². The first-order valence-corrected chi connectivity index (χ1v) is 7.29. The van der Waals surface area contributed by atoms with E-state index in [-0.39, 0.29) is 17.2 Å². The lowest BCUT2D eigenvalue weighted by molar-refractivity contribution is 0.404. The topological polar surface area (TPSA) is 78.4 Å². The fourth-order valence-electron chi connectivity index (χ4n) is 2.72. The zero-order valence-electron chi connectivity index (χ0n) is 12.7. The Balaban J connectivity index is 1.85. The Bertz CT molecular complexity index is 1090. The van der Waals surface area contributed by atoms with Crippen molar-refractivity contribution in [3.63, 3.8) is 0 Å². The number of aromatic nitrogens is 2.